The lowest BCUT2D eigenvalue weighted by Crippen LogP contribution is -2.33. The van der Waals surface area contributed by atoms with Crippen LogP contribution < -0.4 is 10.6 Å². The lowest BCUT2D eigenvalue weighted by Gasteiger charge is -2.12. The topological polar surface area (TPSA) is 63.2 Å². The van der Waals surface area contributed by atoms with E-state index in [0.717, 1.165) is 29.7 Å². The molecule has 2 rings (SSSR count). The Bertz CT molecular complexity index is 656. The summed E-state index contributed by atoms with van der Waals surface area (Å²) in [7, 11) is 1.67. The highest BCUT2D eigenvalue weighted by atomic mass is 16.5. The van der Waals surface area contributed by atoms with Gasteiger partial charge < -0.3 is 15.4 Å². The van der Waals surface area contributed by atoms with Crippen LogP contribution in [0.25, 0.3) is 10.9 Å². The molecular weight excluding hydrogens is 290 g/mol. The van der Waals surface area contributed by atoms with Crippen LogP contribution in [0.2, 0.25) is 0 Å². The van der Waals surface area contributed by atoms with E-state index >= 15 is 0 Å². The van der Waals surface area contributed by atoms with Gasteiger partial charge in [-0.2, -0.15) is 0 Å². The zero-order chi connectivity index (χ0) is 16.7. The molecule has 5 heteroatoms. The standard InChI is InChI=1S/C18H25N3O2/c1-13(2)17-12-15(14-6-4-5-7-16(14)21-17)18(22)20-9-8-19-10-11-23-3/h4-7,12-13,19H,8-11H2,1-3H3,(H,20,22). The summed E-state index contributed by atoms with van der Waals surface area (Å²) in [6, 6.07) is 9.67. The van der Waals surface area contributed by atoms with Crippen LogP contribution in [-0.2, 0) is 4.74 Å². The fourth-order valence-electron chi connectivity index (χ4n) is 2.34. The van der Waals surface area contributed by atoms with E-state index in [1.165, 1.54) is 0 Å². The summed E-state index contributed by atoms with van der Waals surface area (Å²) in [5.41, 5.74) is 2.49. The Kier molecular flexibility index (Phi) is 6.50. The molecule has 0 bridgehead atoms. The molecule has 0 unspecified atom stereocenters. The molecule has 124 valence electrons. The van der Waals surface area contributed by atoms with Crippen molar-refractivity contribution in [1.82, 2.24) is 15.6 Å². The number of rotatable bonds is 8. The van der Waals surface area contributed by atoms with Crippen LogP contribution in [0.15, 0.2) is 30.3 Å². The average Bonchev–Trinajstić information content (AvgIpc) is 2.56. The first-order valence-electron chi connectivity index (χ1n) is 8.01. The van der Waals surface area contributed by atoms with Crippen LogP contribution in [0.3, 0.4) is 0 Å². The molecule has 5 nitrogen and oxygen atoms in total. The number of pyridine rings is 1. The molecule has 2 aromatic rings. The van der Waals surface area contributed by atoms with E-state index in [1.54, 1.807) is 7.11 Å². The highest BCUT2D eigenvalue weighted by molar-refractivity contribution is 6.06. The fourth-order valence-corrected chi connectivity index (χ4v) is 2.34. The van der Waals surface area contributed by atoms with Gasteiger partial charge in [0.2, 0.25) is 0 Å². The minimum atomic E-state index is -0.0564. The van der Waals surface area contributed by atoms with E-state index in [2.05, 4.69) is 29.5 Å². The number of methoxy groups -OCH3 is 1. The molecule has 1 heterocycles. The van der Waals surface area contributed by atoms with Gasteiger partial charge in [-0.25, -0.2) is 0 Å². The second kappa shape index (κ2) is 8.60. The summed E-state index contributed by atoms with van der Waals surface area (Å²) in [5.74, 6) is 0.223. The van der Waals surface area contributed by atoms with Gasteiger partial charge in [0.05, 0.1) is 17.7 Å². The molecule has 0 aliphatic heterocycles. The van der Waals surface area contributed by atoms with Gasteiger partial charge in [0, 0.05) is 37.8 Å². The molecule has 1 aromatic carbocycles. The number of carbonyl (C=O) groups is 1. The summed E-state index contributed by atoms with van der Waals surface area (Å²) >= 11 is 0. The number of hydrogen-bond donors (Lipinski definition) is 2. The molecule has 0 saturated heterocycles. The molecule has 0 spiro atoms. The fraction of sp³-hybridized carbons (Fsp3) is 0.444. The summed E-state index contributed by atoms with van der Waals surface area (Å²) in [6.07, 6.45) is 0. The zero-order valence-corrected chi connectivity index (χ0v) is 14.1. The third-order valence-electron chi connectivity index (χ3n) is 3.64. The lowest BCUT2D eigenvalue weighted by atomic mass is 10.0. The van der Waals surface area contributed by atoms with Crippen molar-refractivity contribution in [3.63, 3.8) is 0 Å². The molecule has 2 N–H and O–H groups in total. The Morgan fingerprint density at radius 2 is 2.00 bits per heavy atom. The molecule has 0 aliphatic rings. The summed E-state index contributed by atoms with van der Waals surface area (Å²) in [5, 5.41) is 7.06. The Labute approximate surface area is 137 Å². The van der Waals surface area contributed by atoms with E-state index in [1.807, 2.05) is 30.3 Å². The van der Waals surface area contributed by atoms with Crippen molar-refractivity contribution >= 4 is 16.8 Å². The van der Waals surface area contributed by atoms with Gasteiger partial charge in [-0.1, -0.05) is 32.0 Å². The van der Waals surface area contributed by atoms with Crippen LogP contribution in [0.4, 0.5) is 0 Å². The van der Waals surface area contributed by atoms with E-state index < -0.39 is 0 Å². The van der Waals surface area contributed by atoms with Crippen LogP contribution >= 0.6 is 0 Å². The van der Waals surface area contributed by atoms with E-state index in [-0.39, 0.29) is 11.8 Å². The number of carbonyl (C=O) groups excluding carboxylic acids is 1. The lowest BCUT2D eigenvalue weighted by molar-refractivity contribution is 0.0955. The van der Waals surface area contributed by atoms with Gasteiger partial charge in [0.1, 0.15) is 0 Å². The van der Waals surface area contributed by atoms with Gasteiger partial charge in [-0.05, 0) is 18.1 Å². The molecular formula is C18H25N3O2. The third kappa shape index (κ3) is 4.74. The van der Waals surface area contributed by atoms with Crippen LogP contribution in [0, 0.1) is 0 Å². The molecule has 23 heavy (non-hydrogen) atoms. The molecule has 1 amide bonds. The minimum absolute atomic E-state index is 0.0564. The number of nitrogens with zero attached hydrogens (tertiary/aromatic N) is 1. The van der Waals surface area contributed by atoms with E-state index in [0.29, 0.717) is 18.7 Å². The second-order valence-corrected chi connectivity index (χ2v) is 5.77. The smallest absolute Gasteiger partial charge is 0.252 e. The Morgan fingerprint density at radius 1 is 1.22 bits per heavy atom. The maximum atomic E-state index is 12.5. The predicted octanol–water partition coefficient (Wildman–Crippen LogP) is 2.32. The number of fused-ring (bicyclic) bond motifs is 1. The van der Waals surface area contributed by atoms with Crippen molar-refractivity contribution in [3.8, 4) is 0 Å². The number of benzene rings is 1. The Hall–Kier alpha value is -1.98. The first-order chi connectivity index (χ1) is 11.1. The molecule has 0 radical (unpaired) electrons. The van der Waals surface area contributed by atoms with Gasteiger partial charge in [-0.3, -0.25) is 9.78 Å². The maximum absolute atomic E-state index is 12.5. The van der Waals surface area contributed by atoms with Crippen LogP contribution in [0.5, 0.6) is 0 Å². The number of nitrogens with one attached hydrogen (secondary N) is 2. The van der Waals surface area contributed by atoms with Gasteiger partial charge in [0.25, 0.3) is 5.91 Å². The van der Waals surface area contributed by atoms with Crippen molar-refractivity contribution in [2.45, 2.75) is 19.8 Å². The summed E-state index contributed by atoms with van der Waals surface area (Å²) in [4.78, 5) is 17.2. The quantitative estimate of drug-likeness (QED) is 0.734. The molecule has 1 aromatic heterocycles. The number of aromatic nitrogens is 1. The van der Waals surface area contributed by atoms with Crippen molar-refractivity contribution in [1.29, 1.82) is 0 Å². The molecule has 0 saturated carbocycles. The maximum Gasteiger partial charge on any atom is 0.252 e. The van der Waals surface area contributed by atoms with E-state index in [4.69, 9.17) is 4.74 Å². The van der Waals surface area contributed by atoms with Crippen molar-refractivity contribution in [3.05, 3.63) is 41.6 Å². The van der Waals surface area contributed by atoms with Crippen molar-refractivity contribution < 1.29 is 9.53 Å². The van der Waals surface area contributed by atoms with Gasteiger partial charge in [-0.15, -0.1) is 0 Å². The summed E-state index contributed by atoms with van der Waals surface area (Å²) < 4.78 is 4.97. The van der Waals surface area contributed by atoms with E-state index in [9.17, 15) is 4.79 Å². The monoisotopic (exact) mass is 315 g/mol. The van der Waals surface area contributed by atoms with Crippen LogP contribution in [-0.4, -0.2) is 44.2 Å². The average molecular weight is 315 g/mol. The third-order valence-corrected chi connectivity index (χ3v) is 3.64. The number of para-hydroxylation sites is 1. The Morgan fingerprint density at radius 3 is 2.74 bits per heavy atom. The van der Waals surface area contributed by atoms with Crippen molar-refractivity contribution in [2.75, 3.05) is 33.4 Å². The molecule has 0 fully saturated rings. The predicted molar refractivity (Wildman–Crippen MR) is 92.9 cm³/mol. The zero-order valence-electron chi connectivity index (χ0n) is 14.1. The number of hydrogen-bond acceptors (Lipinski definition) is 4. The number of ether oxygens (including phenoxy) is 1. The van der Waals surface area contributed by atoms with Crippen LogP contribution in [0.1, 0.15) is 35.8 Å². The summed E-state index contributed by atoms with van der Waals surface area (Å²) in [6.45, 7) is 6.91. The highest BCUT2D eigenvalue weighted by Gasteiger charge is 2.13. The first-order valence-corrected chi connectivity index (χ1v) is 8.01. The number of amides is 1. The van der Waals surface area contributed by atoms with Crippen molar-refractivity contribution in [2.24, 2.45) is 0 Å². The largest absolute Gasteiger partial charge is 0.383 e. The second-order valence-electron chi connectivity index (χ2n) is 5.77. The molecule has 0 aliphatic carbocycles. The highest BCUT2D eigenvalue weighted by Crippen LogP contribution is 2.22. The minimum Gasteiger partial charge on any atom is -0.383 e. The normalized spacial score (nSPS) is 11.1. The molecule has 0 atom stereocenters. The van der Waals surface area contributed by atoms with Gasteiger partial charge in [0.15, 0.2) is 0 Å². The SMILES string of the molecule is COCCNCCNC(=O)c1cc(C(C)C)nc2ccccc12. The first kappa shape index (κ1) is 17.4. The van der Waals surface area contributed by atoms with Gasteiger partial charge >= 0.3 is 0 Å². The Balaban J connectivity index is 2.09.